The van der Waals surface area contributed by atoms with Crippen LogP contribution in [0.5, 0.6) is 5.75 Å². The minimum Gasteiger partial charge on any atom is -0.508 e. The number of ether oxygens (including phenoxy) is 1. The number of benzene rings is 3. The molecule has 1 aliphatic carbocycles. The smallest absolute Gasteiger partial charge is 0.407 e. The second-order valence-electron chi connectivity index (χ2n) is 7.23. The number of rotatable bonds is 6. The number of hydrogen-bond donors (Lipinski definition) is 3. The summed E-state index contributed by atoms with van der Waals surface area (Å²) in [6.07, 6.45) is -0.989. The van der Waals surface area contributed by atoms with Crippen LogP contribution < -0.4 is 5.32 Å². The van der Waals surface area contributed by atoms with Crippen LogP contribution in [-0.4, -0.2) is 35.6 Å². The normalized spacial score (nSPS) is 13.4. The molecule has 0 spiro atoms. The Labute approximate surface area is 169 Å². The Kier molecular flexibility index (Phi) is 5.49. The molecule has 0 bridgehead atoms. The van der Waals surface area contributed by atoms with Gasteiger partial charge in [0, 0.05) is 18.9 Å². The highest BCUT2D eigenvalue weighted by atomic mass is 16.5. The van der Waals surface area contributed by atoms with E-state index in [9.17, 15) is 15.0 Å². The van der Waals surface area contributed by atoms with Gasteiger partial charge in [-0.05, 0) is 39.9 Å². The molecular weight excluding hydrogens is 366 g/mol. The maximum atomic E-state index is 12.2. The Morgan fingerprint density at radius 2 is 1.62 bits per heavy atom. The predicted molar refractivity (Wildman–Crippen MR) is 111 cm³/mol. The van der Waals surface area contributed by atoms with Crippen LogP contribution >= 0.6 is 0 Å². The van der Waals surface area contributed by atoms with E-state index in [0.717, 1.165) is 16.7 Å². The Hall–Kier alpha value is -3.31. The van der Waals surface area contributed by atoms with Gasteiger partial charge in [-0.15, -0.1) is 0 Å². The van der Waals surface area contributed by atoms with Gasteiger partial charge in [0.1, 0.15) is 12.4 Å². The van der Waals surface area contributed by atoms with E-state index in [1.54, 1.807) is 18.2 Å². The van der Waals surface area contributed by atoms with E-state index < -0.39 is 12.2 Å². The molecule has 29 heavy (non-hydrogen) atoms. The maximum Gasteiger partial charge on any atom is 0.407 e. The number of amides is 1. The summed E-state index contributed by atoms with van der Waals surface area (Å²) >= 11 is 0. The summed E-state index contributed by atoms with van der Waals surface area (Å²) in [5.41, 5.74) is 5.47. The van der Waals surface area contributed by atoms with Crippen molar-refractivity contribution in [1.29, 1.82) is 0 Å². The molecule has 0 saturated carbocycles. The predicted octanol–water partition coefficient (Wildman–Crippen LogP) is 3.83. The Balaban J connectivity index is 1.32. The van der Waals surface area contributed by atoms with Crippen LogP contribution in [0, 0.1) is 0 Å². The van der Waals surface area contributed by atoms with Crippen molar-refractivity contribution in [3.05, 3.63) is 89.5 Å². The van der Waals surface area contributed by atoms with Crippen molar-refractivity contribution in [2.75, 3.05) is 13.2 Å². The molecule has 1 aliphatic rings. The molecule has 5 nitrogen and oxygen atoms in total. The van der Waals surface area contributed by atoms with Crippen molar-refractivity contribution in [3.63, 3.8) is 0 Å². The lowest BCUT2D eigenvalue weighted by atomic mass is 9.98. The fourth-order valence-corrected chi connectivity index (χ4v) is 3.88. The number of alkyl carbamates (subject to hydrolysis) is 1. The molecule has 0 aromatic heterocycles. The highest BCUT2D eigenvalue weighted by Crippen LogP contribution is 2.44. The first kappa shape index (κ1) is 19.0. The highest BCUT2D eigenvalue weighted by Gasteiger charge is 2.29. The molecule has 148 valence electrons. The van der Waals surface area contributed by atoms with Gasteiger partial charge in [0.2, 0.25) is 0 Å². The van der Waals surface area contributed by atoms with Gasteiger partial charge in [-0.25, -0.2) is 4.79 Å². The number of aromatic hydroxyl groups is 1. The van der Waals surface area contributed by atoms with Gasteiger partial charge in [-0.1, -0.05) is 60.7 Å². The summed E-state index contributed by atoms with van der Waals surface area (Å²) in [6, 6.07) is 23.0. The first-order chi connectivity index (χ1) is 14.1. The molecule has 3 aromatic carbocycles. The quantitative estimate of drug-likeness (QED) is 0.599. The number of fused-ring (bicyclic) bond motifs is 3. The number of hydrogen-bond acceptors (Lipinski definition) is 4. The largest absolute Gasteiger partial charge is 0.508 e. The van der Waals surface area contributed by atoms with Crippen LogP contribution in [0.3, 0.4) is 0 Å². The number of phenolic OH excluding ortho intramolecular Hbond substituents is 1. The van der Waals surface area contributed by atoms with E-state index in [4.69, 9.17) is 4.74 Å². The molecular formula is C24H23NO4. The zero-order valence-corrected chi connectivity index (χ0v) is 15.9. The summed E-state index contributed by atoms with van der Waals surface area (Å²) in [7, 11) is 0. The topological polar surface area (TPSA) is 78.8 Å². The third kappa shape index (κ3) is 4.25. The van der Waals surface area contributed by atoms with E-state index in [0.29, 0.717) is 6.42 Å². The average molecular weight is 389 g/mol. The van der Waals surface area contributed by atoms with E-state index in [1.807, 2.05) is 30.3 Å². The van der Waals surface area contributed by atoms with Crippen molar-refractivity contribution in [2.45, 2.75) is 18.4 Å². The monoisotopic (exact) mass is 389 g/mol. The molecule has 0 saturated heterocycles. The average Bonchev–Trinajstić information content (AvgIpc) is 3.05. The number of carbonyl (C=O) groups excluding carboxylic acids is 1. The number of aliphatic hydroxyl groups excluding tert-OH is 1. The number of carbonyl (C=O) groups is 1. The molecule has 3 aromatic rings. The highest BCUT2D eigenvalue weighted by molar-refractivity contribution is 5.79. The van der Waals surface area contributed by atoms with Crippen LogP contribution in [0.2, 0.25) is 0 Å². The maximum absolute atomic E-state index is 12.2. The minimum atomic E-state index is -0.766. The molecule has 1 atom stereocenters. The summed E-state index contributed by atoms with van der Waals surface area (Å²) in [4.78, 5) is 12.2. The molecule has 3 N–H and O–H groups in total. The molecule has 0 radical (unpaired) electrons. The lowest BCUT2D eigenvalue weighted by Gasteiger charge is -2.16. The van der Waals surface area contributed by atoms with Gasteiger partial charge in [-0.3, -0.25) is 0 Å². The Morgan fingerprint density at radius 3 is 2.28 bits per heavy atom. The van der Waals surface area contributed by atoms with E-state index in [2.05, 4.69) is 29.6 Å². The fourth-order valence-electron chi connectivity index (χ4n) is 3.88. The van der Waals surface area contributed by atoms with Gasteiger partial charge in [-0.2, -0.15) is 0 Å². The lowest BCUT2D eigenvalue weighted by molar-refractivity contribution is 0.128. The summed E-state index contributed by atoms with van der Waals surface area (Å²) in [6.45, 7) is 0.314. The molecule has 0 aliphatic heterocycles. The Morgan fingerprint density at radius 1 is 0.966 bits per heavy atom. The van der Waals surface area contributed by atoms with Gasteiger partial charge >= 0.3 is 6.09 Å². The Bertz CT molecular complexity index is 972. The number of aliphatic hydroxyl groups is 1. The zero-order valence-electron chi connectivity index (χ0n) is 15.9. The van der Waals surface area contributed by atoms with E-state index in [-0.39, 0.29) is 24.8 Å². The van der Waals surface area contributed by atoms with Gasteiger partial charge < -0.3 is 20.3 Å². The minimum absolute atomic E-state index is 0.00497. The first-order valence-corrected chi connectivity index (χ1v) is 9.66. The van der Waals surface area contributed by atoms with E-state index >= 15 is 0 Å². The SMILES string of the molecule is O=C(NCC(O)Cc1cccc(O)c1)OCC1c2ccccc2-c2ccccc21. The van der Waals surface area contributed by atoms with Crippen molar-refractivity contribution >= 4 is 6.09 Å². The third-order valence-electron chi connectivity index (χ3n) is 5.21. The van der Waals surface area contributed by atoms with Crippen molar-refractivity contribution < 1.29 is 19.7 Å². The lowest BCUT2D eigenvalue weighted by Crippen LogP contribution is -2.34. The summed E-state index contributed by atoms with van der Waals surface area (Å²) in [5, 5.41) is 22.2. The van der Waals surface area contributed by atoms with Crippen LogP contribution in [0.25, 0.3) is 11.1 Å². The van der Waals surface area contributed by atoms with Gasteiger partial charge in [0.05, 0.1) is 6.10 Å². The molecule has 1 amide bonds. The molecule has 1 unspecified atom stereocenters. The van der Waals surface area contributed by atoms with Crippen LogP contribution in [0.15, 0.2) is 72.8 Å². The van der Waals surface area contributed by atoms with E-state index in [1.165, 1.54) is 11.1 Å². The van der Waals surface area contributed by atoms with Crippen LogP contribution in [0.1, 0.15) is 22.6 Å². The standard InChI is InChI=1S/C24H23NO4/c26-17-7-5-6-16(12-17)13-18(27)14-25-24(28)29-15-23-21-10-3-1-8-19(21)20-9-2-4-11-22(20)23/h1-12,18,23,26-27H,13-15H2,(H,25,28). The van der Waals surface area contributed by atoms with Crippen molar-refractivity contribution in [1.82, 2.24) is 5.32 Å². The van der Waals surface area contributed by atoms with Crippen LogP contribution in [-0.2, 0) is 11.2 Å². The number of phenols is 1. The van der Waals surface area contributed by atoms with Crippen molar-refractivity contribution in [2.24, 2.45) is 0 Å². The first-order valence-electron chi connectivity index (χ1n) is 9.66. The third-order valence-corrected chi connectivity index (χ3v) is 5.21. The van der Waals surface area contributed by atoms with Gasteiger partial charge in [0.15, 0.2) is 0 Å². The number of nitrogens with one attached hydrogen (secondary N) is 1. The molecule has 4 rings (SSSR count). The van der Waals surface area contributed by atoms with Crippen molar-refractivity contribution in [3.8, 4) is 16.9 Å². The van der Waals surface area contributed by atoms with Gasteiger partial charge in [0.25, 0.3) is 0 Å². The molecule has 0 fully saturated rings. The summed E-state index contributed by atoms with van der Waals surface area (Å²) < 4.78 is 5.46. The summed E-state index contributed by atoms with van der Waals surface area (Å²) in [5.74, 6) is 0.157. The zero-order chi connectivity index (χ0) is 20.2. The van der Waals surface area contributed by atoms with Crippen LogP contribution in [0.4, 0.5) is 4.79 Å². The fraction of sp³-hybridized carbons (Fsp3) is 0.208. The molecule has 5 heteroatoms. The second kappa shape index (κ2) is 8.37. The molecule has 0 heterocycles. The second-order valence-corrected chi connectivity index (χ2v) is 7.23.